The second kappa shape index (κ2) is 9.71. The van der Waals surface area contributed by atoms with Gasteiger partial charge < -0.3 is 0 Å². The first-order chi connectivity index (χ1) is 14.8. The van der Waals surface area contributed by atoms with Crippen LogP contribution < -0.4 is 0 Å². The predicted molar refractivity (Wildman–Crippen MR) is 121 cm³/mol. The van der Waals surface area contributed by atoms with Gasteiger partial charge in [-0.3, -0.25) is 14.6 Å². The highest BCUT2D eigenvalue weighted by molar-refractivity contribution is 7.99. The van der Waals surface area contributed by atoms with Crippen LogP contribution in [0, 0.1) is 0 Å². The number of pyridine rings is 1. The van der Waals surface area contributed by atoms with E-state index in [1.807, 2.05) is 30.7 Å². The van der Waals surface area contributed by atoms with Crippen molar-refractivity contribution >= 4 is 11.8 Å². The van der Waals surface area contributed by atoms with Crippen molar-refractivity contribution < 1.29 is 0 Å². The summed E-state index contributed by atoms with van der Waals surface area (Å²) in [6, 6.07) is 10.5. The van der Waals surface area contributed by atoms with E-state index in [0.29, 0.717) is 0 Å². The maximum absolute atomic E-state index is 4.58. The zero-order valence-corrected chi connectivity index (χ0v) is 18.2. The van der Waals surface area contributed by atoms with Gasteiger partial charge in [-0.15, -0.1) is 10.2 Å². The van der Waals surface area contributed by atoms with Crippen molar-refractivity contribution in [3.8, 4) is 17.1 Å². The molecule has 0 aliphatic carbocycles. The lowest BCUT2D eigenvalue weighted by molar-refractivity contribution is 0.852. The van der Waals surface area contributed by atoms with Gasteiger partial charge in [-0.25, -0.2) is 0 Å². The van der Waals surface area contributed by atoms with Gasteiger partial charge in [0.1, 0.15) is 0 Å². The Bertz CT molecular complexity index is 1050. The standard InChI is InChI=1S/C23H26N6S/c1-3-18-9-5-10-19(4-2)21(18)29-22(20-11-6-12-24-16-20)27-28-23(29)30-13-7-8-17-14-25-26-15-17/h5-6,9-12,14-16H,3-4,7-8,13H2,1-2H3,(H,25,26). The quantitative estimate of drug-likeness (QED) is 0.309. The summed E-state index contributed by atoms with van der Waals surface area (Å²) in [5, 5.41) is 17.0. The first kappa shape index (κ1) is 20.3. The van der Waals surface area contributed by atoms with E-state index in [1.54, 1.807) is 18.0 Å². The number of hydrogen-bond donors (Lipinski definition) is 1. The van der Waals surface area contributed by atoms with Crippen molar-refractivity contribution in [2.45, 2.75) is 44.7 Å². The molecule has 0 amide bonds. The molecule has 1 aromatic carbocycles. The van der Waals surface area contributed by atoms with Crippen LogP contribution in [0.15, 0.2) is 60.3 Å². The molecule has 0 aliphatic heterocycles. The van der Waals surface area contributed by atoms with Gasteiger partial charge in [0, 0.05) is 29.9 Å². The van der Waals surface area contributed by atoms with E-state index in [4.69, 9.17) is 0 Å². The van der Waals surface area contributed by atoms with Crippen LogP contribution in [0.4, 0.5) is 0 Å². The van der Waals surface area contributed by atoms with Crippen molar-refractivity contribution in [3.05, 3.63) is 71.8 Å². The van der Waals surface area contributed by atoms with Gasteiger partial charge in [-0.1, -0.05) is 43.8 Å². The Morgan fingerprint density at radius 2 is 1.83 bits per heavy atom. The first-order valence-electron chi connectivity index (χ1n) is 10.4. The zero-order chi connectivity index (χ0) is 20.8. The SMILES string of the molecule is CCc1cccc(CC)c1-n1c(SCCCc2cn[nH]c2)nnc1-c1cccnc1. The number of aryl methyl sites for hydroxylation is 3. The number of benzene rings is 1. The Balaban J connectivity index is 1.70. The van der Waals surface area contributed by atoms with Crippen LogP contribution in [0.2, 0.25) is 0 Å². The minimum absolute atomic E-state index is 0.844. The molecule has 0 saturated heterocycles. The average Bonchev–Trinajstić information content (AvgIpc) is 3.46. The van der Waals surface area contributed by atoms with Gasteiger partial charge in [0.2, 0.25) is 0 Å². The van der Waals surface area contributed by atoms with Crippen LogP contribution in [0.25, 0.3) is 17.1 Å². The number of aromatic nitrogens is 6. The van der Waals surface area contributed by atoms with Crippen LogP contribution in [-0.4, -0.2) is 35.7 Å². The molecule has 3 heterocycles. The Labute approximate surface area is 181 Å². The number of thioether (sulfide) groups is 1. The van der Waals surface area contributed by atoms with Gasteiger partial charge in [-0.2, -0.15) is 5.10 Å². The Kier molecular flexibility index (Phi) is 6.59. The van der Waals surface area contributed by atoms with E-state index in [2.05, 4.69) is 62.0 Å². The molecule has 3 aromatic heterocycles. The molecule has 0 atom stereocenters. The van der Waals surface area contributed by atoms with Crippen LogP contribution >= 0.6 is 11.8 Å². The van der Waals surface area contributed by atoms with E-state index in [0.717, 1.165) is 48.0 Å². The van der Waals surface area contributed by atoms with E-state index in [9.17, 15) is 0 Å². The third kappa shape index (κ3) is 4.31. The molecule has 0 fully saturated rings. The molecule has 0 radical (unpaired) electrons. The summed E-state index contributed by atoms with van der Waals surface area (Å²) in [7, 11) is 0. The highest BCUT2D eigenvalue weighted by Gasteiger charge is 2.20. The Morgan fingerprint density at radius 3 is 2.50 bits per heavy atom. The number of para-hydroxylation sites is 1. The summed E-state index contributed by atoms with van der Waals surface area (Å²) >= 11 is 1.76. The summed E-state index contributed by atoms with van der Waals surface area (Å²) in [6.45, 7) is 4.40. The molecule has 6 nitrogen and oxygen atoms in total. The normalized spacial score (nSPS) is 11.1. The summed E-state index contributed by atoms with van der Waals surface area (Å²) in [5.41, 5.74) is 6.03. The van der Waals surface area contributed by atoms with Crippen LogP contribution in [-0.2, 0) is 19.3 Å². The molecule has 30 heavy (non-hydrogen) atoms. The first-order valence-corrected chi connectivity index (χ1v) is 11.4. The second-order valence-corrected chi connectivity index (χ2v) is 8.14. The summed E-state index contributed by atoms with van der Waals surface area (Å²) < 4.78 is 2.23. The predicted octanol–water partition coefficient (Wildman–Crippen LogP) is 4.90. The highest BCUT2D eigenvalue weighted by atomic mass is 32.2. The lowest BCUT2D eigenvalue weighted by Gasteiger charge is -2.18. The molecule has 0 unspecified atom stereocenters. The van der Waals surface area contributed by atoms with Gasteiger partial charge in [0.25, 0.3) is 0 Å². The minimum atomic E-state index is 0.844. The van der Waals surface area contributed by atoms with Crippen molar-refractivity contribution in [1.82, 2.24) is 29.9 Å². The number of nitrogens with zero attached hydrogens (tertiary/aromatic N) is 5. The molecular weight excluding hydrogens is 392 g/mol. The topological polar surface area (TPSA) is 72.3 Å². The Hall–Kier alpha value is -2.93. The monoisotopic (exact) mass is 418 g/mol. The van der Waals surface area contributed by atoms with Crippen LogP contribution in [0.1, 0.15) is 37.0 Å². The minimum Gasteiger partial charge on any atom is -0.285 e. The number of nitrogens with one attached hydrogen (secondary N) is 1. The van der Waals surface area contributed by atoms with Gasteiger partial charge in [0.15, 0.2) is 11.0 Å². The van der Waals surface area contributed by atoms with E-state index in [-0.39, 0.29) is 0 Å². The second-order valence-electron chi connectivity index (χ2n) is 7.07. The molecule has 4 rings (SSSR count). The van der Waals surface area contributed by atoms with Crippen molar-refractivity contribution in [2.75, 3.05) is 5.75 Å². The average molecular weight is 419 g/mol. The zero-order valence-electron chi connectivity index (χ0n) is 17.4. The van der Waals surface area contributed by atoms with Gasteiger partial charge >= 0.3 is 0 Å². The van der Waals surface area contributed by atoms with Crippen molar-refractivity contribution in [2.24, 2.45) is 0 Å². The van der Waals surface area contributed by atoms with Crippen LogP contribution in [0.5, 0.6) is 0 Å². The maximum atomic E-state index is 4.58. The molecule has 7 heteroatoms. The number of rotatable bonds is 9. The highest BCUT2D eigenvalue weighted by Crippen LogP contribution is 2.32. The molecule has 0 saturated carbocycles. The van der Waals surface area contributed by atoms with Gasteiger partial charge in [0.05, 0.1) is 11.9 Å². The molecule has 0 bridgehead atoms. The summed E-state index contributed by atoms with van der Waals surface area (Å²) in [6.07, 6.45) is 11.4. The van der Waals surface area contributed by atoms with E-state index >= 15 is 0 Å². The number of aromatic amines is 1. The smallest absolute Gasteiger partial charge is 0.196 e. The van der Waals surface area contributed by atoms with Gasteiger partial charge in [-0.05, 0) is 54.5 Å². The largest absolute Gasteiger partial charge is 0.285 e. The third-order valence-electron chi connectivity index (χ3n) is 5.14. The number of H-pyrrole nitrogens is 1. The van der Waals surface area contributed by atoms with Crippen molar-refractivity contribution in [1.29, 1.82) is 0 Å². The Morgan fingerprint density at radius 1 is 1.00 bits per heavy atom. The number of hydrogen-bond acceptors (Lipinski definition) is 5. The molecular formula is C23H26N6S. The van der Waals surface area contributed by atoms with E-state index < -0.39 is 0 Å². The molecule has 0 aliphatic rings. The fourth-order valence-electron chi connectivity index (χ4n) is 3.60. The summed E-state index contributed by atoms with van der Waals surface area (Å²) in [4.78, 5) is 4.30. The lowest BCUT2D eigenvalue weighted by atomic mass is 10.0. The molecule has 1 N–H and O–H groups in total. The molecule has 0 spiro atoms. The van der Waals surface area contributed by atoms with Crippen LogP contribution in [0.3, 0.4) is 0 Å². The maximum Gasteiger partial charge on any atom is 0.196 e. The fourth-order valence-corrected chi connectivity index (χ4v) is 4.48. The van der Waals surface area contributed by atoms with E-state index in [1.165, 1.54) is 22.4 Å². The molecule has 4 aromatic rings. The fraction of sp³-hybridized carbons (Fsp3) is 0.304. The molecule has 154 valence electrons. The third-order valence-corrected chi connectivity index (χ3v) is 6.15. The lowest BCUT2D eigenvalue weighted by Crippen LogP contribution is -2.07. The van der Waals surface area contributed by atoms with Crippen molar-refractivity contribution in [3.63, 3.8) is 0 Å². The summed E-state index contributed by atoms with van der Waals surface area (Å²) in [5.74, 6) is 1.81.